The third-order valence-corrected chi connectivity index (χ3v) is 3.35. The number of imidazole rings is 2. The second-order valence-corrected chi connectivity index (χ2v) is 4.90. The first kappa shape index (κ1) is 13.8. The Morgan fingerprint density at radius 2 is 1.95 bits per heavy atom. The third kappa shape index (κ3) is 2.30. The first-order valence-electron chi connectivity index (χ1n) is 6.59. The number of aromatic amines is 2. The third-order valence-electron chi connectivity index (χ3n) is 3.35. The summed E-state index contributed by atoms with van der Waals surface area (Å²) in [4.78, 5) is 37.6. The van der Waals surface area contributed by atoms with Gasteiger partial charge in [-0.1, -0.05) is 6.07 Å². The van der Waals surface area contributed by atoms with E-state index < -0.39 is 5.91 Å². The quantitative estimate of drug-likeness (QED) is 0.579. The van der Waals surface area contributed by atoms with Crippen LogP contribution in [0, 0.1) is 13.8 Å². The highest BCUT2D eigenvalue weighted by atomic mass is 16.2. The normalized spacial score (nSPS) is 10.8. The van der Waals surface area contributed by atoms with Gasteiger partial charge < -0.3 is 15.7 Å². The van der Waals surface area contributed by atoms with Gasteiger partial charge in [-0.15, -0.1) is 0 Å². The summed E-state index contributed by atoms with van der Waals surface area (Å²) in [7, 11) is 0. The molecule has 22 heavy (non-hydrogen) atoms. The molecule has 0 aliphatic heterocycles. The van der Waals surface area contributed by atoms with Crippen molar-refractivity contribution in [3.8, 4) is 0 Å². The number of nitrogens with one attached hydrogen (secondary N) is 3. The molecule has 0 saturated heterocycles. The van der Waals surface area contributed by atoms with Gasteiger partial charge in [-0.25, -0.2) is 9.97 Å². The molecule has 0 radical (unpaired) electrons. The van der Waals surface area contributed by atoms with Gasteiger partial charge in [0.15, 0.2) is 5.82 Å². The number of nitrogens with zero attached hydrogens (tertiary/aromatic N) is 2. The Morgan fingerprint density at radius 1 is 1.18 bits per heavy atom. The molecule has 1 aromatic carbocycles. The zero-order chi connectivity index (χ0) is 15.9. The van der Waals surface area contributed by atoms with Gasteiger partial charge in [-0.3, -0.25) is 14.9 Å². The molecule has 5 N–H and O–H groups in total. The van der Waals surface area contributed by atoms with E-state index in [4.69, 9.17) is 5.73 Å². The summed E-state index contributed by atoms with van der Waals surface area (Å²) >= 11 is 0. The Hall–Kier alpha value is -3.16. The van der Waals surface area contributed by atoms with E-state index in [-0.39, 0.29) is 11.7 Å². The fourth-order valence-electron chi connectivity index (χ4n) is 2.11. The van der Waals surface area contributed by atoms with Crippen LogP contribution in [0.1, 0.15) is 32.4 Å². The fraction of sp³-hybridized carbons (Fsp3) is 0.143. The number of aromatic nitrogens is 4. The van der Waals surface area contributed by atoms with E-state index in [0.717, 1.165) is 11.4 Å². The smallest absolute Gasteiger partial charge is 0.284 e. The predicted molar refractivity (Wildman–Crippen MR) is 80.6 cm³/mol. The number of rotatable bonds is 3. The number of hydrogen-bond donors (Lipinski definition) is 4. The minimum atomic E-state index is -0.681. The van der Waals surface area contributed by atoms with Crippen molar-refractivity contribution in [2.24, 2.45) is 5.73 Å². The number of benzene rings is 1. The van der Waals surface area contributed by atoms with Crippen molar-refractivity contribution in [3.63, 3.8) is 0 Å². The Bertz CT molecular complexity index is 873. The van der Waals surface area contributed by atoms with Crippen molar-refractivity contribution in [1.29, 1.82) is 0 Å². The standard InChI is InChI=1S/C14H14N6O2/c1-6-7(2)17-14(16-6)20-13(22)8-4-3-5-9-10(8)19-12(18-9)11(15)21/h3-5H,1-2H3,(H2,15,21)(H,18,19)(H2,16,17,20,22). The molecule has 112 valence electrons. The van der Waals surface area contributed by atoms with Gasteiger partial charge in [0.05, 0.1) is 16.8 Å². The molecule has 3 rings (SSSR count). The lowest BCUT2D eigenvalue weighted by Crippen LogP contribution is -2.14. The van der Waals surface area contributed by atoms with Crippen LogP contribution >= 0.6 is 0 Å². The second-order valence-electron chi connectivity index (χ2n) is 4.90. The van der Waals surface area contributed by atoms with E-state index in [1.165, 1.54) is 0 Å². The lowest BCUT2D eigenvalue weighted by Gasteiger charge is -2.02. The zero-order valence-electron chi connectivity index (χ0n) is 12.0. The number of aryl methyl sites for hydroxylation is 2. The minimum Gasteiger partial charge on any atom is -0.363 e. The van der Waals surface area contributed by atoms with E-state index in [2.05, 4.69) is 25.3 Å². The maximum atomic E-state index is 12.4. The number of amides is 2. The van der Waals surface area contributed by atoms with Crippen LogP contribution < -0.4 is 11.1 Å². The van der Waals surface area contributed by atoms with Crippen LogP contribution in [0.3, 0.4) is 0 Å². The van der Waals surface area contributed by atoms with E-state index in [9.17, 15) is 9.59 Å². The Kier molecular flexibility index (Phi) is 3.13. The van der Waals surface area contributed by atoms with Gasteiger partial charge >= 0.3 is 0 Å². The summed E-state index contributed by atoms with van der Waals surface area (Å²) in [5.74, 6) is -0.677. The lowest BCUT2D eigenvalue weighted by atomic mass is 10.2. The van der Waals surface area contributed by atoms with E-state index in [0.29, 0.717) is 22.5 Å². The Labute approximate surface area is 125 Å². The lowest BCUT2D eigenvalue weighted by molar-refractivity contribution is 0.0989. The van der Waals surface area contributed by atoms with Crippen LogP contribution in [0.2, 0.25) is 0 Å². The van der Waals surface area contributed by atoms with Crippen LogP contribution in [0.25, 0.3) is 11.0 Å². The topological polar surface area (TPSA) is 130 Å². The van der Waals surface area contributed by atoms with Gasteiger partial charge in [0.1, 0.15) is 5.52 Å². The molecule has 2 aromatic heterocycles. The number of H-pyrrole nitrogens is 2. The van der Waals surface area contributed by atoms with Gasteiger partial charge in [-0.05, 0) is 26.0 Å². The molecule has 8 nitrogen and oxygen atoms in total. The molecule has 0 unspecified atom stereocenters. The van der Waals surface area contributed by atoms with Crippen molar-refractivity contribution >= 4 is 28.8 Å². The summed E-state index contributed by atoms with van der Waals surface area (Å²) in [6.45, 7) is 3.71. The number of para-hydroxylation sites is 1. The molecular weight excluding hydrogens is 284 g/mol. The summed E-state index contributed by atoms with van der Waals surface area (Å²) in [6.07, 6.45) is 0. The van der Waals surface area contributed by atoms with E-state index in [1.54, 1.807) is 18.2 Å². The van der Waals surface area contributed by atoms with Gasteiger partial charge in [-0.2, -0.15) is 0 Å². The van der Waals surface area contributed by atoms with Gasteiger partial charge in [0.2, 0.25) is 5.95 Å². The predicted octanol–water partition coefficient (Wildman–Crippen LogP) is 1.25. The number of fused-ring (bicyclic) bond motifs is 1. The van der Waals surface area contributed by atoms with Crippen LogP contribution in [0.4, 0.5) is 5.95 Å². The molecule has 2 amide bonds. The first-order valence-corrected chi connectivity index (χ1v) is 6.59. The van der Waals surface area contributed by atoms with E-state index >= 15 is 0 Å². The highest BCUT2D eigenvalue weighted by molar-refractivity contribution is 6.11. The van der Waals surface area contributed by atoms with Crippen LogP contribution in [-0.2, 0) is 0 Å². The molecular formula is C14H14N6O2. The molecule has 3 aromatic rings. The van der Waals surface area contributed by atoms with Crippen molar-refractivity contribution in [1.82, 2.24) is 19.9 Å². The molecule has 0 spiro atoms. The highest BCUT2D eigenvalue weighted by Gasteiger charge is 2.16. The van der Waals surface area contributed by atoms with Crippen LogP contribution in [-0.4, -0.2) is 31.8 Å². The number of carbonyl (C=O) groups is 2. The SMILES string of the molecule is Cc1nc(NC(=O)c2cccc3[nH]c(C(N)=O)nc23)[nH]c1C. The van der Waals surface area contributed by atoms with Crippen LogP contribution in [0.15, 0.2) is 18.2 Å². The number of anilines is 1. The second kappa shape index (κ2) is 4.99. The molecule has 0 aliphatic rings. The molecule has 0 bridgehead atoms. The Balaban J connectivity index is 1.98. The first-order chi connectivity index (χ1) is 10.5. The monoisotopic (exact) mass is 298 g/mol. The van der Waals surface area contributed by atoms with Crippen molar-refractivity contribution in [2.45, 2.75) is 13.8 Å². The summed E-state index contributed by atoms with van der Waals surface area (Å²) in [5.41, 5.74) is 8.16. The molecule has 0 aliphatic carbocycles. The maximum Gasteiger partial charge on any atom is 0.284 e. The minimum absolute atomic E-state index is 0.0138. The average Bonchev–Trinajstić information content (AvgIpc) is 3.02. The largest absolute Gasteiger partial charge is 0.363 e. The number of hydrogen-bond acceptors (Lipinski definition) is 4. The zero-order valence-corrected chi connectivity index (χ0v) is 12.0. The van der Waals surface area contributed by atoms with Gasteiger partial charge in [0, 0.05) is 5.69 Å². The fourth-order valence-corrected chi connectivity index (χ4v) is 2.11. The molecule has 0 saturated carbocycles. The highest BCUT2D eigenvalue weighted by Crippen LogP contribution is 2.18. The summed E-state index contributed by atoms with van der Waals surface area (Å²) < 4.78 is 0. The maximum absolute atomic E-state index is 12.4. The Morgan fingerprint density at radius 3 is 2.59 bits per heavy atom. The summed E-state index contributed by atoms with van der Waals surface area (Å²) in [5, 5.41) is 2.67. The molecule has 2 heterocycles. The molecule has 0 fully saturated rings. The number of nitrogens with two attached hydrogens (primary N) is 1. The average molecular weight is 298 g/mol. The van der Waals surface area contributed by atoms with Gasteiger partial charge in [0.25, 0.3) is 11.8 Å². The summed E-state index contributed by atoms with van der Waals surface area (Å²) in [6, 6.07) is 5.03. The molecule has 8 heteroatoms. The van der Waals surface area contributed by atoms with Crippen molar-refractivity contribution in [2.75, 3.05) is 5.32 Å². The van der Waals surface area contributed by atoms with Crippen LogP contribution in [0.5, 0.6) is 0 Å². The van der Waals surface area contributed by atoms with Crippen molar-refractivity contribution in [3.05, 3.63) is 41.0 Å². The molecule has 0 atom stereocenters. The number of carbonyl (C=O) groups excluding carboxylic acids is 2. The van der Waals surface area contributed by atoms with Crippen molar-refractivity contribution < 1.29 is 9.59 Å². The van der Waals surface area contributed by atoms with E-state index in [1.807, 2.05) is 13.8 Å². The number of primary amides is 1.